The van der Waals surface area contributed by atoms with Gasteiger partial charge in [0.15, 0.2) is 0 Å². The molecule has 2 fully saturated rings. The number of ether oxygens (including phenoxy) is 1. The molecule has 0 radical (unpaired) electrons. The van der Waals surface area contributed by atoms with Gasteiger partial charge in [-0.05, 0) is 45.8 Å². The zero-order valence-corrected chi connectivity index (χ0v) is 13.8. The molecule has 2 aliphatic heterocycles. The standard InChI is InChI=1S/C17H24FN3O2/c1-20(2)15-3-8-23-17(10-15)4-6-21(7-5-17)16(22)13-9-14(18)12-19-11-13/h9,11-12,15H,3-8,10H2,1-2H3. The molecule has 2 saturated heterocycles. The summed E-state index contributed by atoms with van der Waals surface area (Å²) in [4.78, 5) is 20.3. The molecular weight excluding hydrogens is 297 g/mol. The summed E-state index contributed by atoms with van der Waals surface area (Å²) in [6.07, 6.45) is 6.29. The van der Waals surface area contributed by atoms with Crippen molar-refractivity contribution in [1.82, 2.24) is 14.8 Å². The number of rotatable bonds is 2. The van der Waals surface area contributed by atoms with Crippen molar-refractivity contribution in [3.05, 3.63) is 29.8 Å². The Kier molecular flexibility index (Phi) is 4.64. The molecule has 1 amide bonds. The van der Waals surface area contributed by atoms with E-state index in [0.29, 0.717) is 24.7 Å². The number of nitrogens with zero attached hydrogens (tertiary/aromatic N) is 3. The first kappa shape index (κ1) is 16.3. The van der Waals surface area contributed by atoms with Crippen LogP contribution in [0.25, 0.3) is 0 Å². The fourth-order valence-corrected chi connectivity index (χ4v) is 3.62. The van der Waals surface area contributed by atoms with Gasteiger partial charge in [-0.3, -0.25) is 9.78 Å². The SMILES string of the molecule is CN(C)C1CCOC2(CCN(C(=O)c3cncc(F)c3)CC2)C1. The molecule has 6 heteroatoms. The highest BCUT2D eigenvalue weighted by Gasteiger charge is 2.41. The summed E-state index contributed by atoms with van der Waals surface area (Å²) in [6.45, 7) is 2.08. The lowest BCUT2D eigenvalue weighted by molar-refractivity contribution is -0.125. The lowest BCUT2D eigenvalue weighted by Gasteiger charge is -2.47. The van der Waals surface area contributed by atoms with Crippen molar-refractivity contribution in [2.24, 2.45) is 0 Å². The molecule has 2 aliphatic rings. The molecule has 3 rings (SSSR count). The van der Waals surface area contributed by atoms with E-state index in [1.54, 1.807) is 4.90 Å². The van der Waals surface area contributed by atoms with E-state index in [0.717, 1.165) is 38.5 Å². The van der Waals surface area contributed by atoms with Crippen molar-refractivity contribution in [2.45, 2.75) is 37.3 Å². The highest BCUT2D eigenvalue weighted by molar-refractivity contribution is 5.94. The van der Waals surface area contributed by atoms with E-state index in [9.17, 15) is 9.18 Å². The number of likely N-dealkylation sites (tertiary alicyclic amines) is 1. The van der Waals surface area contributed by atoms with Crippen molar-refractivity contribution >= 4 is 5.91 Å². The largest absolute Gasteiger partial charge is 0.375 e. The monoisotopic (exact) mass is 321 g/mol. The normalized spacial score (nSPS) is 24.2. The summed E-state index contributed by atoms with van der Waals surface area (Å²) in [5.74, 6) is -0.624. The van der Waals surface area contributed by atoms with Gasteiger partial charge in [0.2, 0.25) is 0 Å². The molecule has 1 atom stereocenters. The van der Waals surface area contributed by atoms with Crippen LogP contribution in [0.5, 0.6) is 0 Å². The molecule has 0 aromatic carbocycles. The minimum atomic E-state index is -0.478. The first-order valence-electron chi connectivity index (χ1n) is 8.19. The molecule has 23 heavy (non-hydrogen) atoms. The summed E-state index contributed by atoms with van der Waals surface area (Å²) < 4.78 is 19.3. The van der Waals surface area contributed by atoms with Gasteiger partial charge in [-0.15, -0.1) is 0 Å². The van der Waals surface area contributed by atoms with Gasteiger partial charge in [-0.1, -0.05) is 0 Å². The smallest absolute Gasteiger partial charge is 0.255 e. The average Bonchev–Trinajstić information content (AvgIpc) is 2.55. The Labute approximate surface area is 136 Å². The first-order valence-corrected chi connectivity index (χ1v) is 8.19. The Morgan fingerprint density at radius 1 is 1.39 bits per heavy atom. The van der Waals surface area contributed by atoms with E-state index in [4.69, 9.17) is 4.74 Å². The maximum Gasteiger partial charge on any atom is 0.255 e. The summed E-state index contributed by atoms with van der Waals surface area (Å²) in [5.41, 5.74) is 0.209. The molecule has 5 nitrogen and oxygen atoms in total. The maximum atomic E-state index is 13.2. The van der Waals surface area contributed by atoms with Crippen LogP contribution in [-0.4, -0.2) is 66.1 Å². The van der Waals surface area contributed by atoms with Crippen LogP contribution in [0.2, 0.25) is 0 Å². The fraction of sp³-hybridized carbons (Fsp3) is 0.647. The van der Waals surface area contributed by atoms with Crippen molar-refractivity contribution < 1.29 is 13.9 Å². The summed E-state index contributed by atoms with van der Waals surface area (Å²) in [6, 6.07) is 1.79. The van der Waals surface area contributed by atoms with Crippen LogP contribution in [0.15, 0.2) is 18.5 Å². The number of amides is 1. The zero-order chi connectivity index (χ0) is 16.4. The Morgan fingerprint density at radius 2 is 2.13 bits per heavy atom. The second kappa shape index (κ2) is 6.53. The van der Waals surface area contributed by atoms with Crippen molar-refractivity contribution in [3.63, 3.8) is 0 Å². The van der Waals surface area contributed by atoms with Crippen LogP contribution in [0.4, 0.5) is 4.39 Å². The number of hydrogen-bond acceptors (Lipinski definition) is 4. The molecule has 1 spiro atoms. The third kappa shape index (κ3) is 3.53. The van der Waals surface area contributed by atoms with Crippen LogP contribution >= 0.6 is 0 Å². The van der Waals surface area contributed by atoms with Crippen LogP contribution in [-0.2, 0) is 4.74 Å². The van der Waals surface area contributed by atoms with Gasteiger partial charge in [0.1, 0.15) is 5.82 Å². The van der Waals surface area contributed by atoms with Crippen molar-refractivity contribution in [1.29, 1.82) is 0 Å². The number of piperidine rings is 1. The summed E-state index contributed by atoms with van der Waals surface area (Å²) in [7, 11) is 4.22. The van der Waals surface area contributed by atoms with E-state index in [-0.39, 0.29) is 11.5 Å². The molecule has 0 aliphatic carbocycles. The van der Waals surface area contributed by atoms with Crippen LogP contribution in [0.1, 0.15) is 36.0 Å². The number of hydrogen-bond donors (Lipinski definition) is 0. The van der Waals surface area contributed by atoms with E-state index in [1.165, 1.54) is 12.3 Å². The fourth-order valence-electron chi connectivity index (χ4n) is 3.62. The molecule has 3 heterocycles. The number of carbonyl (C=O) groups is 1. The number of carbonyl (C=O) groups excluding carboxylic acids is 1. The van der Waals surface area contributed by atoms with Crippen molar-refractivity contribution in [3.8, 4) is 0 Å². The first-order chi connectivity index (χ1) is 11.0. The number of pyridine rings is 1. The predicted octanol–water partition coefficient (Wildman–Crippen LogP) is 1.94. The minimum absolute atomic E-state index is 0.107. The van der Waals surface area contributed by atoms with Gasteiger partial charge < -0.3 is 14.5 Å². The number of aromatic nitrogens is 1. The Hall–Kier alpha value is -1.53. The van der Waals surface area contributed by atoms with Crippen LogP contribution in [0, 0.1) is 5.82 Å². The highest BCUT2D eigenvalue weighted by Crippen LogP contribution is 2.36. The summed E-state index contributed by atoms with van der Waals surface area (Å²) in [5, 5.41) is 0. The van der Waals surface area contributed by atoms with E-state index < -0.39 is 5.82 Å². The van der Waals surface area contributed by atoms with Gasteiger partial charge >= 0.3 is 0 Å². The Balaban J connectivity index is 1.63. The van der Waals surface area contributed by atoms with E-state index in [2.05, 4.69) is 24.0 Å². The minimum Gasteiger partial charge on any atom is -0.375 e. The molecular formula is C17H24FN3O2. The van der Waals surface area contributed by atoms with E-state index >= 15 is 0 Å². The van der Waals surface area contributed by atoms with Gasteiger partial charge in [-0.25, -0.2) is 4.39 Å². The molecule has 126 valence electrons. The molecule has 1 unspecified atom stereocenters. The summed E-state index contributed by atoms with van der Waals surface area (Å²) >= 11 is 0. The average molecular weight is 321 g/mol. The zero-order valence-electron chi connectivity index (χ0n) is 13.8. The second-order valence-electron chi connectivity index (χ2n) is 6.83. The van der Waals surface area contributed by atoms with Gasteiger partial charge in [-0.2, -0.15) is 0 Å². The quantitative estimate of drug-likeness (QED) is 0.835. The van der Waals surface area contributed by atoms with Gasteiger partial charge in [0.05, 0.1) is 17.4 Å². The van der Waals surface area contributed by atoms with E-state index in [1.807, 2.05) is 0 Å². The lowest BCUT2D eigenvalue weighted by atomic mass is 9.82. The van der Waals surface area contributed by atoms with Crippen molar-refractivity contribution in [2.75, 3.05) is 33.8 Å². The molecule has 1 aromatic heterocycles. The number of halogens is 1. The van der Waals surface area contributed by atoms with Gasteiger partial charge in [0, 0.05) is 31.9 Å². The third-order valence-corrected chi connectivity index (χ3v) is 5.11. The Bertz CT molecular complexity index is 571. The molecule has 0 bridgehead atoms. The molecule has 0 N–H and O–H groups in total. The second-order valence-corrected chi connectivity index (χ2v) is 6.83. The molecule has 1 aromatic rings. The maximum absolute atomic E-state index is 13.2. The topological polar surface area (TPSA) is 45.7 Å². The van der Waals surface area contributed by atoms with Gasteiger partial charge in [0.25, 0.3) is 5.91 Å². The van der Waals surface area contributed by atoms with Crippen LogP contribution in [0.3, 0.4) is 0 Å². The lowest BCUT2D eigenvalue weighted by Crippen LogP contribution is -2.53. The Morgan fingerprint density at radius 3 is 2.78 bits per heavy atom. The third-order valence-electron chi connectivity index (χ3n) is 5.11. The highest BCUT2D eigenvalue weighted by atomic mass is 19.1. The predicted molar refractivity (Wildman–Crippen MR) is 84.7 cm³/mol. The van der Waals surface area contributed by atoms with Crippen LogP contribution < -0.4 is 0 Å². The molecule has 0 saturated carbocycles.